The highest BCUT2D eigenvalue weighted by atomic mass is 19.1. The Hall–Kier alpha value is -1.96. The molecule has 1 fully saturated rings. The minimum atomic E-state index is -0.722. The molecule has 2 heterocycles. The van der Waals surface area contributed by atoms with Crippen LogP contribution in [-0.2, 0) is 9.47 Å². The normalized spacial score (nSPS) is 25.4. The average Bonchev–Trinajstić information content (AvgIpc) is 2.78. The van der Waals surface area contributed by atoms with Crippen molar-refractivity contribution in [2.75, 3.05) is 13.7 Å². The zero-order valence-electron chi connectivity index (χ0n) is 11.1. The summed E-state index contributed by atoms with van der Waals surface area (Å²) in [5.41, 5.74) is 7.95. The lowest BCUT2D eigenvalue weighted by Crippen LogP contribution is -2.29. The Balaban J connectivity index is 2.29. The van der Waals surface area contributed by atoms with E-state index in [1.165, 1.54) is 14.0 Å². The molecule has 2 rings (SSSR count). The van der Waals surface area contributed by atoms with Crippen molar-refractivity contribution < 1.29 is 13.9 Å². The summed E-state index contributed by atoms with van der Waals surface area (Å²) in [6.07, 6.45) is 0.123. The fourth-order valence-corrected chi connectivity index (χ4v) is 2.12. The number of rotatable bonds is 4. The molecule has 0 aromatic carbocycles. The van der Waals surface area contributed by atoms with E-state index in [-0.39, 0.29) is 18.7 Å². The van der Waals surface area contributed by atoms with Crippen LogP contribution in [0.2, 0.25) is 0 Å². The summed E-state index contributed by atoms with van der Waals surface area (Å²) >= 11 is 0. The number of methoxy groups -OCH3 is 1. The van der Waals surface area contributed by atoms with Gasteiger partial charge in [-0.2, -0.15) is 4.98 Å². The highest BCUT2D eigenvalue weighted by molar-refractivity contribution is 5.01. The number of aromatic nitrogens is 2. The average molecular weight is 283 g/mol. The van der Waals surface area contributed by atoms with Gasteiger partial charge in [-0.3, -0.25) is 4.57 Å². The predicted molar refractivity (Wildman–Crippen MR) is 66.5 cm³/mol. The van der Waals surface area contributed by atoms with Crippen molar-refractivity contribution in [1.82, 2.24) is 9.55 Å². The third-order valence-corrected chi connectivity index (χ3v) is 3.13. The standard InChI is InChI=1S/C11H14FN5O3/c1-6-7(12)4-17(11(18)14-6)10-3-8(15-16-13)9(20-10)5-19-2/h4,8-10H,3,5H2,1-2H3/t8?,9-,10-/m0/s1. The zero-order valence-corrected chi connectivity index (χ0v) is 11.1. The van der Waals surface area contributed by atoms with Gasteiger partial charge in [0.15, 0.2) is 5.82 Å². The lowest BCUT2D eigenvalue weighted by Gasteiger charge is -2.15. The fourth-order valence-electron chi connectivity index (χ4n) is 2.12. The van der Waals surface area contributed by atoms with Gasteiger partial charge in [0.25, 0.3) is 0 Å². The van der Waals surface area contributed by atoms with Crippen molar-refractivity contribution in [3.8, 4) is 0 Å². The summed E-state index contributed by atoms with van der Waals surface area (Å²) in [5, 5.41) is 3.62. The highest BCUT2D eigenvalue weighted by Gasteiger charge is 2.36. The molecule has 8 nitrogen and oxygen atoms in total. The number of ether oxygens (including phenoxy) is 2. The molecule has 0 N–H and O–H groups in total. The van der Waals surface area contributed by atoms with Crippen molar-refractivity contribution in [3.05, 3.63) is 38.6 Å². The lowest BCUT2D eigenvalue weighted by atomic mass is 10.1. The quantitative estimate of drug-likeness (QED) is 0.472. The van der Waals surface area contributed by atoms with E-state index in [1.807, 2.05) is 0 Å². The Morgan fingerprint density at radius 3 is 3.15 bits per heavy atom. The van der Waals surface area contributed by atoms with Crippen LogP contribution < -0.4 is 5.69 Å². The molecule has 20 heavy (non-hydrogen) atoms. The molecule has 3 atom stereocenters. The SMILES string of the molecule is COC[C@@H]1O[C@H](n2cc(F)c(C)nc2=O)CC1N=[N+]=[N-]. The van der Waals surface area contributed by atoms with Gasteiger partial charge in [-0.25, -0.2) is 9.18 Å². The number of halogens is 1. The first-order valence-electron chi connectivity index (χ1n) is 6.00. The maximum atomic E-state index is 13.5. The molecule has 0 bridgehead atoms. The van der Waals surface area contributed by atoms with Crippen molar-refractivity contribution in [1.29, 1.82) is 0 Å². The Morgan fingerprint density at radius 1 is 1.75 bits per heavy atom. The third kappa shape index (κ3) is 2.79. The minimum Gasteiger partial charge on any atom is -0.382 e. The number of azide groups is 1. The Kier molecular flexibility index (Phi) is 4.33. The second-order valence-electron chi connectivity index (χ2n) is 4.46. The molecule has 1 aromatic heterocycles. The molecule has 1 aliphatic heterocycles. The summed E-state index contributed by atoms with van der Waals surface area (Å²) in [5.74, 6) is -0.594. The van der Waals surface area contributed by atoms with Gasteiger partial charge in [-0.05, 0) is 12.5 Å². The van der Waals surface area contributed by atoms with Gasteiger partial charge in [0.2, 0.25) is 0 Å². The summed E-state index contributed by atoms with van der Waals surface area (Å²) in [4.78, 5) is 18.1. The molecule has 0 spiro atoms. The molecular weight excluding hydrogens is 269 g/mol. The largest absolute Gasteiger partial charge is 0.382 e. The molecule has 1 unspecified atom stereocenters. The summed E-state index contributed by atoms with van der Waals surface area (Å²) in [6.45, 7) is 1.63. The van der Waals surface area contributed by atoms with Crippen LogP contribution in [-0.4, -0.2) is 35.4 Å². The Bertz CT molecular complexity index is 598. The molecule has 0 amide bonds. The monoisotopic (exact) mass is 283 g/mol. The highest BCUT2D eigenvalue weighted by Crippen LogP contribution is 2.30. The Morgan fingerprint density at radius 2 is 2.50 bits per heavy atom. The first-order valence-corrected chi connectivity index (χ1v) is 6.00. The van der Waals surface area contributed by atoms with E-state index < -0.39 is 29.9 Å². The Labute approximate surface area is 113 Å². The molecule has 0 aliphatic carbocycles. The molecule has 0 radical (unpaired) electrons. The van der Waals surface area contributed by atoms with E-state index in [0.717, 1.165) is 10.8 Å². The molecular formula is C11H14FN5O3. The van der Waals surface area contributed by atoms with E-state index >= 15 is 0 Å². The molecule has 1 aromatic rings. The third-order valence-electron chi connectivity index (χ3n) is 3.13. The van der Waals surface area contributed by atoms with E-state index in [9.17, 15) is 9.18 Å². The molecule has 1 saturated heterocycles. The molecule has 1 aliphatic rings. The van der Waals surface area contributed by atoms with E-state index in [4.69, 9.17) is 15.0 Å². The van der Waals surface area contributed by atoms with Crippen LogP contribution in [0, 0.1) is 12.7 Å². The van der Waals surface area contributed by atoms with Crippen LogP contribution in [0.5, 0.6) is 0 Å². The first kappa shape index (κ1) is 14.4. The maximum Gasteiger partial charge on any atom is 0.350 e. The van der Waals surface area contributed by atoms with Gasteiger partial charge in [0.05, 0.1) is 24.4 Å². The second-order valence-corrected chi connectivity index (χ2v) is 4.46. The molecule has 0 saturated carbocycles. The smallest absolute Gasteiger partial charge is 0.350 e. The van der Waals surface area contributed by atoms with Crippen LogP contribution >= 0.6 is 0 Å². The minimum absolute atomic E-state index is 0.0317. The molecule has 9 heteroatoms. The number of hydrogen-bond acceptors (Lipinski definition) is 5. The van der Waals surface area contributed by atoms with Crippen molar-refractivity contribution in [2.45, 2.75) is 31.7 Å². The van der Waals surface area contributed by atoms with Crippen LogP contribution in [0.4, 0.5) is 4.39 Å². The number of nitrogens with zero attached hydrogens (tertiary/aromatic N) is 5. The van der Waals surface area contributed by atoms with Gasteiger partial charge in [0, 0.05) is 24.6 Å². The maximum absolute atomic E-state index is 13.5. The number of aryl methyl sites for hydroxylation is 1. The van der Waals surface area contributed by atoms with Crippen LogP contribution in [0.15, 0.2) is 16.1 Å². The molecule has 108 valence electrons. The van der Waals surface area contributed by atoms with Crippen LogP contribution in [0.1, 0.15) is 18.3 Å². The van der Waals surface area contributed by atoms with Crippen molar-refractivity contribution in [2.24, 2.45) is 5.11 Å². The number of hydrogen-bond donors (Lipinski definition) is 0. The van der Waals surface area contributed by atoms with Crippen molar-refractivity contribution >= 4 is 0 Å². The van der Waals surface area contributed by atoms with Gasteiger partial charge in [0.1, 0.15) is 6.23 Å². The second kappa shape index (κ2) is 6.00. The van der Waals surface area contributed by atoms with Gasteiger partial charge < -0.3 is 9.47 Å². The van der Waals surface area contributed by atoms with E-state index in [2.05, 4.69) is 15.0 Å². The van der Waals surface area contributed by atoms with Gasteiger partial charge in [-0.1, -0.05) is 5.11 Å². The zero-order chi connectivity index (χ0) is 14.7. The lowest BCUT2D eigenvalue weighted by molar-refractivity contribution is -0.0364. The fraction of sp³-hybridized carbons (Fsp3) is 0.636. The van der Waals surface area contributed by atoms with Crippen molar-refractivity contribution in [3.63, 3.8) is 0 Å². The summed E-state index contributed by atoms with van der Waals surface area (Å²) in [6, 6.07) is -0.471. The van der Waals surface area contributed by atoms with Gasteiger partial charge >= 0.3 is 5.69 Å². The van der Waals surface area contributed by atoms with Crippen LogP contribution in [0.3, 0.4) is 0 Å². The van der Waals surface area contributed by atoms with E-state index in [1.54, 1.807) is 0 Å². The first-order chi connectivity index (χ1) is 9.56. The summed E-state index contributed by atoms with van der Waals surface area (Å²) in [7, 11) is 1.49. The van der Waals surface area contributed by atoms with Gasteiger partial charge in [-0.15, -0.1) is 0 Å². The van der Waals surface area contributed by atoms with Crippen LogP contribution in [0.25, 0.3) is 10.4 Å². The summed E-state index contributed by atoms with van der Waals surface area (Å²) < 4.78 is 25.2. The predicted octanol–water partition coefficient (Wildman–Crippen LogP) is 1.30. The van der Waals surface area contributed by atoms with E-state index in [0.29, 0.717) is 0 Å². The topological polar surface area (TPSA) is 102 Å².